The number of nitrogens with two attached hydrogens (primary N) is 1. The lowest BCUT2D eigenvalue weighted by molar-refractivity contribution is -0.239. The Hall–Kier alpha value is -3.04. The van der Waals surface area contributed by atoms with Crippen molar-refractivity contribution < 1.29 is 29.6 Å². The SMILES string of the molecule is CNCc1cc(O)cc(C2CC3(C)C(C(O)CC45CCCC6C(=O)C(C(C)CC(O)C7OC7(C)C7CCCC7c7cccc(N)c7)=C(CCC34)C65C)C(C)(C)C2=O)c1. The number of aliphatic hydroxyl groups is 2. The highest BCUT2D eigenvalue weighted by molar-refractivity contribution is 6.03. The maximum absolute atomic E-state index is 15.0. The van der Waals surface area contributed by atoms with Crippen LogP contribution in [0.15, 0.2) is 53.6 Å². The first kappa shape index (κ1) is 40.4. The van der Waals surface area contributed by atoms with Gasteiger partial charge in [0.05, 0.1) is 17.8 Å². The Bertz CT molecular complexity index is 2040. The second-order valence-corrected chi connectivity index (χ2v) is 21.5. The first-order valence-electron chi connectivity index (χ1n) is 22.6. The number of phenols is 1. The number of nitrogens with one attached hydrogen (secondary N) is 1. The Kier molecular flexibility index (Phi) is 9.56. The minimum atomic E-state index is -0.772. The normalized spacial score (nSPS) is 42.4. The molecule has 8 heteroatoms. The third-order valence-corrected chi connectivity index (χ3v) is 18.3. The van der Waals surface area contributed by atoms with Crippen LogP contribution in [0.2, 0.25) is 0 Å². The number of ether oxygens (including phenoxy) is 1. The summed E-state index contributed by atoms with van der Waals surface area (Å²) in [6, 6.07) is 13.8. The molecule has 58 heavy (non-hydrogen) atoms. The molecule has 5 saturated carbocycles. The Labute approximate surface area is 345 Å². The summed E-state index contributed by atoms with van der Waals surface area (Å²) >= 11 is 0. The van der Waals surface area contributed by atoms with Gasteiger partial charge >= 0.3 is 0 Å². The van der Waals surface area contributed by atoms with Gasteiger partial charge in [-0.05, 0) is 153 Å². The number of ketones is 2. The number of allylic oxidation sites excluding steroid dienone is 2. The van der Waals surface area contributed by atoms with Crippen LogP contribution in [0, 0.1) is 51.2 Å². The third kappa shape index (κ3) is 5.59. The molecule has 2 aromatic rings. The molecule has 1 saturated heterocycles. The van der Waals surface area contributed by atoms with Gasteiger partial charge in [-0.25, -0.2) is 0 Å². The van der Waals surface area contributed by atoms with E-state index in [1.807, 2.05) is 33.0 Å². The molecule has 1 spiro atoms. The first-order chi connectivity index (χ1) is 27.4. The molecule has 7 aliphatic rings. The minimum absolute atomic E-state index is 0.111. The third-order valence-electron chi connectivity index (χ3n) is 18.3. The number of benzene rings is 2. The molecule has 6 fully saturated rings. The van der Waals surface area contributed by atoms with E-state index in [1.165, 1.54) is 11.1 Å². The van der Waals surface area contributed by atoms with Gasteiger partial charge in [0, 0.05) is 40.8 Å². The van der Waals surface area contributed by atoms with E-state index < -0.39 is 29.1 Å². The first-order valence-corrected chi connectivity index (χ1v) is 22.6. The summed E-state index contributed by atoms with van der Waals surface area (Å²) < 4.78 is 6.50. The lowest BCUT2D eigenvalue weighted by Crippen LogP contribution is -2.69. The van der Waals surface area contributed by atoms with Crippen LogP contribution >= 0.6 is 0 Å². The summed E-state index contributed by atoms with van der Waals surface area (Å²) in [5.74, 6) is 0.618. The number of anilines is 1. The van der Waals surface area contributed by atoms with Crippen molar-refractivity contribution in [2.45, 2.75) is 154 Å². The number of rotatable bonds is 9. The molecule has 6 N–H and O–H groups in total. The predicted octanol–water partition coefficient (Wildman–Crippen LogP) is 8.37. The Morgan fingerprint density at radius 2 is 1.74 bits per heavy atom. The maximum Gasteiger partial charge on any atom is 0.163 e. The largest absolute Gasteiger partial charge is 0.508 e. The van der Waals surface area contributed by atoms with Crippen molar-refractivity contribution >= 4 is 17.3 Å². The lowest BCUT2D eigenvalue weighted by Gasteiger charge is -2.72. The molecule has 314 valence electrons. The highest BCUT2D eigenvalue weighted by Crippen LogP contribution is 2.78. The van der Waals surface area contributed by atoms with E-state index in [2.05, 4.69) is 51.2 Å². The molecular formula is C50H68N2O6. The molecule has 1 aliphatic heterocycles. The fourth-order valence-electron chi connectivity index (χ4n) is 16.3. The summed E-state index contributed by atoms with van der Waals surface area (Å²) in [6.45, 7) is 13.7. The number of aromatic hydroxyl groups is 1. The van der Waals surface area contributed by atoms with Crippen molar-refractivity contribution in [3.05, 3.63) is 70.3 Å². The van der Waals surface area contributed by atoms with Crippen molar-refractivity contribution in [1.82, 2.24) is 5.32 Å². The number of aliphatic hydroxyl groups excluding tert-OH is 2. The molecular weight excluding hydrogens is 725 g/mol. The summed E-state index contributed by atoms with van der Waals surface area (Å²) in [6.07, 6.45) is 7.90. The van der Waals surface area contributed by atoms with E-state index in [1.54, 1.807) is 12.1 Å². The number of Topliss-reactive ketones (excluding diaryl/α,β-unsaturated/α-hetero) is 2. The van der Waals surface area contributed by atoms with Gasteiger partial charge in [0.25, 0.3) is 0 Å². The smallest absolute Gasteiger partial charge is 0.163 e. The second kappa shape index (κ2) is 13.7. The highest BCUT2D eigenvalue weighted by atomic mass is 16.6. The minimum Gasteiger partial charge on any atom is -0.508 e. The van der Waals surface area contributed by atoms with Gasteiger partial charge in [-0.1, -0.05) is 71.2 Å². The molecule has 6 aliphatic carbocycles. The van der Waals surface area contributed by atoms with Crippen LogP contribution < -0.4 is 11.1 Å². The number of epoxide rings is 1. The summed E-state index contributed by atoms with van der Waals surface area (Å²) in [5, 5.41) is 38.5. The second-order valence-electron chi connectivity index (χ2n) is 21.5. The average Bonchev–Trinajstić information content (AvgIpc) is 3.49. The maximum atomic E-state index is 15.0. The topological polar surface area (TPSA) is 145 Å². The zero-order valence-corrected chi connectivity index (χ0v) is 35.9. The van der Waals surface area contributed by atoms with E-state index in [-0.39, 0.29) is 63.3 Å². The molecule has 1 heterocycles. The van der Waals surface area contributed by atoms with E-state index >= 15 is 0 Å². The Morgan fingerprint density at radius 1 is 0.966 bits per heavy atom. The predicted molar refractivity (Wildman–Crippen MR) is 226 cm³/mol. The molecule has 0 bridgehead atoms. The average molecular weight is 793 g/mol. The Balaban J connectivity index is 1.02. The van der Waals surface area contributed by atoms with E-state index in [0.29, 0.717) is 37.6 Å². The molecule has 14 unspecified atom stereocenters. The molecule has 8 nitrogen and oxygen atoms in total. The van der Waals surface area contributed by atoms with Crippen LogP contribution in [0.4, 0.5) is 5.69 Å². The van der Waals surface area contributed by atoms with Gasteiger partial charge in [-0.3, -0.25) is 9.59 Å². The Morgan fingerprint density at radius 3 is 2.48 bits per heavy atom. The summed E-state index contributed by atoms with van der Waals surface area (Å²) in [7, 11) is 1.88. The van der Waals surface area contributed by atoms with Crippen molar-refractivity contribution in [2.24, 2.45) is 51.2 Å². The molecule has 0 amide bonds. The molecule has 0 aromatic heterocycles. The standard InChI is InChI=1S/C50H68N2O6/c1-27(19-38(54)45-49(6,58-45)35-14-9-13-33(35)29-11-8-12-31(51)22-29)41-36-16-17-40-47(4)24-34(30-20-28(26-52-7)21-32(53)23-30)44(57)46(2,3)43(47)39(55)25-50(40)18-10-15-37(42(41)56)48(36,50)5/h8,11-12,20-23,27,33-35,37-40,43,45,52-55H,9-10,13-19,24-26,51H2,1-7H3. The number of phenolic OH excluding ortho intramolecular Hbond substituents is 1. The van der Waals surface area contributed by atoms with Crippen LogP contribution in [0.5, 0.6) is 5.75 Å². The van der Waals surface area contributed by atoms with Gasteiger partial charge < -0.3 is 31.1 Å². The molecule has 9 rings (SSSR count). The van der Waals surface area contributed by atoms with Crippen molar-refractivity contribution in [1.29, 1.82) is 0 Å². The quantitative estimate of drug-likeness (QED) is 0.126. The molecule has 2 aromatic carbocycles. The number of hydrogen-bond donors (Lipinski definition) is 5. The van der Waals surface area contributed by atoms with Gasteiger partial charge in [0.1, 0.15) is 17.6 Å². The fourth-order valence-corrected chi connectivity index (χ4v) is 16.3. The monoisotopic (exact) mass is 793 g/mol. The van der Waals surface area contributed by atoms with E-state index in [9.17, 15) is 24.9 Å². The van der Waals surface area contributed by atoms with Gasteiger partial charge in [0.2, 0.25) is 0 Å². The number of nitrogen functional groups attached to an aromatic ring is 1. The zero-order chi connectivity index (χ0) is 41.3. The van der Waals surface area contributed by atoms with Gasteiger partial charge in [0.15, 0.2) is 5.78 Å². The summed E-state index contributed by atoms with van der Waals surface area (Å²) in [4.78, 5) is 29.6. The van der Waals surface area contributed by atoms with Gasteiger partial charge in [-0.15, -0.1) is 0 Å². The van der Waals surface area contributed by atoms with Crippen LogP contribution in [-0.2, 0) is 20.9 Å². The number of fused-ring (bicyclic) bond motifs is 2. The van der Waals surface area contributed by atoms with Crippen LogP contribution in [0.25, 0.3) is 0 Å². The van der Waals surface area contributed by atoms with Crippen molar-refractivity contribution in [2.75, 3.05) is 12.8 Å². The number of carbonyl (C=O) groups excluding carboxylic acids is 2. The number of hydrogen-bond acceptors (Lipinski definition) is 8. The fraction of sp³-hybridized carbons (Fsp3) is 0.680. The summed E-state index contributed by atoms with van der Waals surface area (Å²) in [5.41, 5.74) is 10.0. The molecule has 14 atom stereocenters. The van der Waals surface area contributed by atoms with Crippen molar-refractivity contribution in [3.8, 4) is 5.75 Å². The molecule has 0 radical (unpaired) electrons. The van der Waals surface area contributed by atoms with Crippen LogP contribution in [0.3, 0.4) is 0 Å². The van der Waals surface area contributed by atoms with E-state index in [0.717, 1.165) is 73.8 Å². The lowest BCUT2D eigenvalue weighted by atomic mass is 9.32. The van der Waals surface area contributed by atoms with Crippen molar-refractivity contribution in [3.63, 3.8) is 0 Å². The van der Waals surface area contributed by atoms with Gasteiger partial charge in [-0.2, -0.15) is 0 Å². The highest BCUT2D eigenvalue weighted by Gasteiger charge is 2.75. The van der Waals surface area contributed by atoms with Crippen LogP contribution in [0.1, 0.15) is 141 Å². The van der Waals surface area contributed by atoms with Crippen LogP contribution in [-0.4, -0.2) is 57.8 Å². The number of carbonyl (C=O) groups is 2. The van der Waals surface area contributed by atoms with E-state index in [4.69, 9.17) is 10.5 Å². The zero-order valence-electron chi connectivity index (χ0n) is 35.9.